The second-order valence-electron chi connectivity index (χ2n) is 5.23. The fourth-order valence-corrected chi connectivity index (χ4v) is 2.49. The first-order valence-corrected chi connectivity index (χ1v) is 7.23. The van der Waals surface area contributed by atoms with Gasteiger partial charge in [0, 0.05) is 13.2 Å². The van der Waals surface area contributed by atoms with Crippen LogP contribution in [0.25, 0.3) is 11.4 Å². The minimum atomic E-state index is -0.234. The molecular weight excluding hydrogens is 292 g/mol. The van der Waals surface area contributed by atoms with E-state index in [-0.39, 0.29) is 5.91 Å². The quantitative estimate of drug-likeness (QED) is 0.778. The Bertz CT molecular complexity index is 848. The molecule has 0 bridgehead atoms. The van der Waals surface area contributed by atoms with Crippen LogP contribution in [0.5, 0.6) is 5.75 Å². The number of methoxy groups -OCH3 is 1. The van der Waals surface area contributed by atoms with Gasteiger partial charge in [-0.2, -0.15) is 5.10 Å². The average molecular weight is 310 g/mol. The van der Waals surface area contributed by atoms with E-state index in [4.69, 9.17) is 4.74 Å². The summed E-state index contributed by atoms with van der Waals surface area (Å²) in [6.07, 6.45) is 1.94. The molecule has 2 heterocycles. The zero-order valence-electron chi connectivity index (χ0n) is 13.3. The lowest BCUT2D eigenvalue weighted by Gasteiger charge is -2.10. The summed E-state index contributed by atoms with van der Waals surface area (Å²) in [6.45, 7) is 1.87. The number of carbonyl (C=O) groups excluding carboxylic acids is 1. The molecule has 0 aliphatic heterocycles. The SMILES string of the molecule is COc1ccccc1C(=O)Nc1c(-c2cccn2C)n[nH]c1C. The number of nitrogens with zero attached hydrogens (tertiary/aromatic N) is 2. The first-order valence-electron chi connectivity index (χ1n) is 7.23. The molecule has 0 unspecified atom stereocenters. The van der Waals surface area contributed by atoms with E-state index in [2.05, 4.69) is 15.5 Å². The Kier molecular flexibility index (Phi) is 3.89. The van der Waals surface area contributed by atoms with E-state index < -0.39 is 0 Å². The molecule has 3 aromatic rings. The Labute approximate surface area is 134 Å². The highest BCUT2D eigenvalue weighted by atomic mass is 16.5. The first-order chi connectivity index (χ1) is 11.1. The third kappa shape index (κ3) is 2.70. The monoisotopic (exact) mass is 310 g/mol. The number of para-hydroxylation sites is 1. The van der Waals surface area contributed by atoms with Gasteiger partial charge in [-0.15, -0.1) is 0 Å². The number of hydrogen-bond acceptors (Lipinski definition) is 3. The number of aromatic amines is 1. The third-order valence-corrected chi connectivity index (χ3v) is 3.72. The summed E-state index contributed by atoms with van der Waals surface area (Å²) >= 11 is 0. The summed E-state index contributed by atoms with van der Waals surface area (Å²) in [5.41, 5.74) is 3.57. The van der Waals surface area contributed by atoms with Crippen molar-refractivity contribution in [2.24, 2.45) is 7.05 Å². The Hall–Kier alpha value is -3.02. The minimum Gasteiger partial charge on any atom is -0.496 e. The second kappa shape index (κ2) is 6.00. The average Bonchev–Trinajstić information content (AvgIpc) is 3.13. The van der Waals surface area contributed by atoms with Gasteiger partial charge < -0.3 is 14.6 Å². The predicted molar refractivity (Wildman–Crippen MR) is 88.7 cm³/mol. The summed E-state index contributed by atoms with van der Waals surface area (Å²) in [7, 11) is 3.48. The van der Waals surface area contributed by atoms with E-state index in [0.717, 1.165) is 11.4 Å². The second-order valence-corrected chi connectivity index (χ2v) is 5.23. The van der Waals surface area contributed by atoms with Gasteiger partial charge in [0.1, 0.15) is 11.4 Å². The minimum absolute atomic E-state index is 0.234. The van der Waals surface area contributed by atoms with E-state index in [1.165, 1.54) is 0 Å². The lowest BCUT2D eigenvalue weighted by molar-refractivity contribution is 0.102. The number of aromatic nitrogens is 3. The van der Waals surface area contributed by atoms with Crippen LogP contribution in [-0.2, 0) is 7.05 Å². The van der Waals surface area contributed by atoms with Crippen LogP contribution < -0.4 is 10.1 Å². The number of H-pyrrole nitrogens is 1. The number of amides is 1. The zero-order chi connectivity index (χ0) is 16.4. The van der Waals surface area contributed by atoms with E-state index in [0.29, 0.717) is 22.7 Å². The topological polar surface area (TPSA) is 71.9 Å². The zero-order valence-corrected chi connectivity index (χ0v) is 13.3. The van der Waals surface area contributed by atoms with Gasteiger partial charge >= 0.3 is 0 Å². The molecule has 6 nitrogen and oxygen atoms in total. The largest absolute Gasteiger partial charge is 0.496 e. The molecule has 3 rings (SSSR count). The molecule has 6 heteroatoms. The first kappa shape index (κ1) is 14.9. The molecule has 0 saturated heterocycles. The molecule has 0 spiro atoms. The van der Waals surface area contributed by atoms with Crippen molar-refractivity contribution in [3.63, 3.8) is 0 Å². The summed E-state index contributed by atoms with van der Waals surface area (Å²) in [5, 5.41) is 10.2. The van der Waals surface area contributed by atoms with Crippen molar-refractivity contribution < 1.29 is 9.53 Å². The number of ether oxygens (including phenoxy) is 1. The van der Waals surface area contributed by atoms with Crippen LogP contribution in [-0.4, -0.2) is 27.8 Å². The Morgan fingerprint density at radius 1 is 1.26 bits per heavy atom. The van der Waals surface area contributed by atoms with Gasteiger partial charge in [-0.1, -0.05) is 12.1 Å². The van der Waals surface area contributed by atoms with Gasteiger partial charge in [-0.3, -0.25) is 9.89 Å². The van der Waals surface area contributed by atoms with Crippen LogP contribution in [0.2, 0.25) is 0 Å². The molecule has 0 atom stereocenters. The van der Waals surface area contributed by atoms with E-state index in [9.17, 15) is 4.79 Å². The molecule has 0 fully saturated rings. The molecule has 1 aromatic carbocycles. The molecule has 0 aliphatic rings. The highest BCUT2D eigenvalue weighted by Crippen LogP contribution is 2.29. The summed E-state index contributed by atoms with van der Waals surface area (Å²) in [5.74, 6) is 0.300. The van der Waals surface area contributed by atoms with Crippen LogP contribution in [0.15, 0.2) is 42.6 Å². The van der Waals surface area contributed by atoms with Gasteiger partial charge in [0.25, 0.3) is 5.91 Å². The summed E-state index contributed by atoms with van der Waals surface area (Å²) < 4.78 is 7.20. The van der Waals surface area contributed by atoms with E-state index in [1.54, 1.807) is 25.3 Å². The van der Waals surface area contributed by atoms with Gasteiger partial charge in [-0.25, -0.2) is 0 Å². The van der Waals surface area contributed by atoms with Crippen LogP contribution in [0.4, 0.5) is 5.69 Å². The molecule has 118 valence electrons. The number of carbonyl (C=O) groups is 1. The fraction of sp³-hybridized carbons (Fsp3) is 0.176. The number of anilines is 1. The molecule has 23 heavy (non-hydrogen) atoms. The van der Waals surface area contributed by atoms with Crippen LogP contribution in [0, 0.1) is 6.92 Å². The molecule has 0 aliphatic carbocycles. The van der Waals surface area contributed by atoms with Crippen LogP contribution >= 0.6 is 0 Å². The highest BCUT2D eigenvalue weighted by molar-refractivity contribution is 6.08. The molecule has 0 radical (unpaired) electrons. The molecule has 2 N–H and O–H groups in total. The maximum atomic E-state index is 12.6. The van der Waals surface area contributed by atoms with Gasteiger partial charge in [0.15, 0.2) is 0 Å². The van der Waals surface area contributed by atoms with Crippen molar-refractivity contribution in [2.75, 3.05) is 12.4 Å². The van der Waals surface area contributed by atoms with Gasteiger partial charge in [0.05, 0.1) is 29.7 Å². The van der Waals surface area contributed by atoms with Crippen LogP contribution in [0.1, 0.15) is 16.1 Å². The normalized spacial score (nSPS) is 10.6. The third-order valence-electron chi connectivity index (χ3n) is 3.72. The van der Waals surface area contributed by atoms with Crippen molar-refractivity contribution in [2.45, 2.75) is 6.92 Å². The molecule has 0 saturated carbocycles. The number of aryl methyl sites for hydroxylation is 2. The smallest absolute Gasteiger partial charge is 0.259 e. The van der Waals surface area contributed by atoms with Crippen LogP contribution in [0.3, 0.4) is 0 Å². The lowest BCUT2D eigenvalue weighted by atomic mass is 10.1. The van der Waals surface area contributed by atoms with Gasteiger partial charge in [0.2, 0.25) is 0 Å². The van der Waals surface area contributed by atoms with Crippen molar-refractivity contribution in [3.8, 4) is 17.1 Å². The number of rotatable bonds is 4. The van der Waals surface area contributed by atoms with E-state index in [1.807, 2.05) is 42.9 Å². The molecular formula is C17H18N4O2. The number of hydrogen-bond donors (Lipinski definition) is 2. The lowest BCUT2D eigenvalue weighted by Crippen LogP contribution is -2.14. The van der Waals surface area contributed by atoms with Crippen molar-refractivity contribution in [3.05, 3.63) is 53.9 Å². The van der Waals surface area contributed by atoms with Gasteiger partial charge in [-0.05, 0) is 31.2 Å². The van der Waals surface area contributed by atoms with Crippen molar-refractivity contribution >= 4 is 11.6 Å². The Morgan fingerprint density at radius 2 is 2.04 bits per heavy atom. The summed E-state index contributed by atoms with van der Waals surface area (Å²) in [6, 6.07) is 11.0. The van der Waals surface area contributed by atoms with Crippen molar-refractivity contribution in [1.82, 2.24) is 14.8 Å². The predicted octanol–water partition coefficient (Wildman–Crippen LogP) is 2.98. The fourth-order valence-electron chi connectivity index (χ4n) is 2.49. The highest BCUT2D eigenvalue weighted by Gasteiger charge is 2.19. The molecule has 1 amide bonds. The molecule has 2 aromatic heterocycles. The Balaban J connectivity index is 1.96. The maximum Gasteiger partial charge on any atom is 0.259 e. The van der Waals surface area contributed by atoms with Crippen molar-refractivity contribution in [1.29, 1.82) is 0 Å². The standard InChI is InChI=1S/C17H18N4O2/c1-11-15(16(20-19-11)13-8-6-10-21(13)2)18-17(22)12-7-4-5-9-14(12)23-3/h4-10H,1-3H3,(H,18,22)(H,19,20). The summed E-state index contributed by atoms with van der Waals surface area (Å²) in [4.78, 5) is 12.6. The maximum absolute atomic E-state index is 12.6. The number of nitrogens with one attached hydrogen (secondary N) is 2. The Morgan fingerprint density at radius 3 is 2.74 bits per heavy atom. The number of benzene rings is 1. The van der Waals surface area contributed by atoms with E-state index >= 15 is 0 Å².